The molecule has 2 N–H and O–H groups in total. The van der Waals surface area contributed by atoms with Crippen LogP contribution in [0.1, 0.15) is 27.2 Å². The van der Waals surface area contributed by atoms with E-state index in [1.54, 1.807) is 61.6 Å². The summed E-state index contributed by atoms with van der Waals surface area (Å²) < 4.78 is 36.9. The Morgan fingerprint density at radius 1 is 0.955 bits per heavy atom. The van der Waals surface area contributed by atoms with Gasteiger partial charge in [0, 0.05) is 15.9 Å². The lowest BCUT2D eigenvalue weighted by Crippen LogP contribution is -2.19. The standard InChI is InChI=1S/C33H24BrN5O4S/c1-21-16-24(43-23-9-6-8-22(17-23)19-36-2)14-15-29(21)38-33(35)27(20-37-38)32(40)31-18-26-28(34)12-7-13-30(26)39(31)44(41,42)25-10-4-3-5-11-25/h3-18,20H,1-2H3,(H-,35,37,40)/p+1. The average molecular weight is 668 g/mol. The Balaban J connectivity index is 1.38. The molecule has 0 spiro atoms. The number of hydrogen-bond acceptors (Lipinski definition) is 6. The van der Waals surface area contributed by atoms with E-state index >= 15 is 0 Å². The van der Waals surface area contributed by atoms with Crippen molar-refractivity contribution in [2.24, 2.45) is 0 Å². The van der Waals surface area contributed by atoms with E-state index in [2.05, 4.69) is 31.9 Å². The fraction of sp³-hybridized carbons (Fsp3) is 0.0606. The van der Waals surface area contributed by atoms with Crippen molar-refractivity contribution in [2.45, 2.75) is 11.8 Å². The van der Waals surface area contributed by atoms with Crippen LogP contribution in [-0.4, -0.2) is 35.0 Å². The second-order valence-electron chi connectivity index (χ2n) is 9.88. The highest BCUT2D eigenvalue weighted by Gasteiger charge is 2.29. The van der Waals surface area contributed by atoms with Crippen molar-refractivity contribution in [2.75, 3.05) is 12.8 Å². The predicted octanol–water partition coefficient (Wildman–Crippen LogP) is 7.05. The maximum absolute atomic E-state index is 14.0. The van der Waals surface area contributed by atoms with Gasteiger partial charge in [0.25, 0.3) is 17.1 Å². The zero-order valence-corrected chi connectivity index (χ0v) is 26.0. The first-order valence-corrected chi connectivity index (χ1v) is 15.6. The number of aryl methyl sites for hydroxylation is 1. The number of aromatic nitrogens is 3. The fourth-order valence-corrected chi connectivity index (χ4v) is 6.97. The molecule has 218 valence electrons. The van der Waals surface area contributed by atoms with Gasteiger partial charge in [-0.3, -0.25) is 4.79 Å². The number of rotatable bonds is 7. The second-order valence-corrected chi connectivity index (χ2v) is 12.5. The number of benzene rings is 4. The van der Waals surface area contributed by atoms with Crippen molar-refractivity contribution in [3.63, 3.8) is 0 Å². The number of carbonyl (C=O) groups is 1. The van der Waals surface area contributed by atoms with Crippen LogP contribution in [-0.2, 0) is 10.0 Å². The molecule has 2 aromatic heterocycles. The van der Waals surface area contributed by atoms with Crippen molar-refractivity contribution in [1.82, 2.24) is 13.8 Å². The van der Waals surface area contributed by atoms with Gasteiger partial charge >= 0.3 is 6.07 Å². The van der Waals surface area contributed by atoms with Crippen LogP contribution in [0.25, 0.3) is 21.4 Å². The van der Waals surface area contributed by atoms with Crippen molar-refractivity contribution < 1.29 is 17.9 Å². The van der Waals surface area contributed by atoms with E-state index in [9.17, 15) is 13.2 Å². The first kappa shape index (κ1) is 28.9. The molecule has 11 heteroatoms. The summed E-state index contributed by atoms with van der Waals surface area (Å²) in [5.74, 6) is 0.716. The minimum absolute atomic E-state index is 0.0523. The number of hydrogen-bond donors (Lipinski definition) is 1. The summed E-state index contributed by atoms with van der Waals surface area (Å²) in [4.78, 5) is 18.0. The molecule has 0 unspecified atom stereocenters. The number of anilines is 1. The maximum Gasteiger partial charge on any atom is 0.310 e. The van der Waals surface area contributed by atoms with Crippen LogP contribution in [0.2, 0.25) is 0 Å². The molecule has 4 aromatic carbocycles. The van der Waals surface area contributed by atoms with Gasteiger partial charge in [0.2, 0.25) is 5.78 Å². The van der Waals surface area contributed by atoms with Crippen LogP contribution < -0.4 is 10.5 Å². The van der Waals surface area contributed by atoms with E-state index in [1.807, 2.05) is 37.3 Å². The van der Waals surface area contributed by atoms with Crippen molar-refractivity contribution in [1.29, 1.82) is 0 Å². The molecule has 9 nitrogen and oxygen atoms in total. The van der Waals surface area contributed by atoms with Gasteiger partial charge in [-0.05, 0) is 73.2 Å². The summed E-state index contributed by atoms with van der Waals surface area (Å²) in [5.41, 5.74) is 9.09. The van der Waals surface area contributed by atoms with Crippen molar-refractivity contribution in [3.8, 4) is 23.3 Å². The van der Waals surface area contributed by atoms with Gasteiger partial charge in [-0.2, -0.15) is 5.10 Å². The molecule has 0 fully saturated rings. The molecular formula is C33H25BrN5O4S+. The highest BCUT2D eigenvalue weighted by atomic mass is 79.9. The third-order valence-electron chi connectivity index (χ3n) is 7.02. The molecule has 6 aromatic rings. The number of fused-ring (bicyclic) bond motifs is 1. The highest BCUT2D eigenvalue weighted by molar-refractivity contribution is 9.10. The first-order valence-electron chi connectivity index (χ1n) is 13.4. The number of carbonyl (C=O) groups excluding carboxylic acids is 1. The number of ether oxygens (including phenoxy) is 1. The van der Waals surface area contributed by atoms with E-state index < -0.39 is 15.8 Å². The van der Waals surface area contributed by atoms with Gasteiger partial charge < -0.3 is 10.5 Å². The minimum Gasteiger partial charge on any atom is -0.457 e. The molecule has 0 amide bonds. The molecule has 0 radical (unpaired) electrons. The van der Waals surface area contributed by atoms with E-state index in [1.165, 1.54) is 23.0 Å². The summed E-state index contributed by atoms with van der Waals surface area (Å²) in [6.45, 7) is 1.88. The average Bonchev–Trinajstić information content (AvgIpc) is 3.60. The second kappa shape index (κ2) is 11.5. The zero-order valence-electron chi connectivity index (χ0n) is 23.6. The zero-order chi connectivity index (χ0) is 31.0. The van der Waals surface area contributed by atoms with Gasteiger partial charge in [-0.1, -0.05) is 51.1 Å². The largest absolute Gasteiger partial charge is 0.457 e. The Kier molecular flexibility index (Phi) is 7.55. The van der Waals surface area contributed by atoms with E-state index in [4.69, 9.17) is 10.5 Å². The maximum atomic E-state index is 14.0. The fourth-order valence-electron chi connectivity index (χ4n) is 4.97. The summed E-state index contributed by atoms with van der Waals surface area (Å²) in [6.07, 6.45) is 1.35. The third kappa shape index (κ3) is 5.15. The van der Waals surface area contributed by atoms with E-state index in [0.717, 1.165) is 15.1 Å². The van der Waals surface area contributed by atoms with Crippen LogP contribution in [0.3, 0.4) is 0 Å². The van der Waals surface area contributed by atoms with E-state index in [-0.39, 0.29) is 22.0 Å². The molecule has 44 heavy (non-hydrogen) atoms. The lowest BCUT2D eigenvalue weighted by Gasteiger charge is -2.13. The third-order valence-corrected chi connectivity index (χ3v) is 9.45. The summed E-state index contributed by atoms with van der Waals surface area (Å²) in [5, 5.41) is 4.97. The molecule has 6 rings (SSSR count). The highest BCUT2D eigenvalue weighted by Crippen LogP contribution is 2.33. The summed E-state index contributed by atoms with van der Waals surface area (Å²) >= 11 is 3.49. The number of nitrogens with two attached hydrogens (primary N) is 1. The number of nitrogens with zero attached hydrogens (tertiary/aromatic N) is 4. The Morgan fingerprint density at radius 2 is 1.70 bits per heavy atom. The molecule has 0 aliphatic rings. The predicted molar refractivity (Wildman–Crippen MR) is 174 cm³/mol. The molecule has 0 aliphatic carbocycles. The Bertz CT molecular complexity index is 2250. The topological polar surface area (TPSA) is 114 Å². The monoisotopic (exact) mass is 666 g/mol. The quantitative estimate of drug-likeness (QED) is 0.183. The number of nitrogen functional groups attached to an aromatic ring is 1. The molecule has 0 atom stereocenters. The van der Waals surface area contributed by atoms with Crippen LogP contribution >= 0.6 is 15.9 Å². The summed E-state index contributed by atoms with van der Waals surface area (Å²) in [6, 6.07) is 30.4. The van der Waals surface area contributed by atoms with Crippen LogP contribution in [0, 0.1) is 13.0 Å². The first-order chi connectivity index (χ1) is 21.2. The van der Waals surface area contributed by atoms with Crippen LogP contribution in [0.5, 0.6) is 11.5 Å². The number of ketones is 1. The molecule has 0 saturated carbocycles. The summed E-state index contributed by atoms with van der Waals surface area (Å²) in [7, 11) is -2.49. The van der Waals surface area contributed by atoms with Crippen LogP contribution in [0.4, 0.5) is 5.82 Å². The Morgan fingerprint density at radius 3 is 2.45 bits per heavy atom. The van der Waals surface area contributed by atoms with Crippen LogP contribution in [0.15, 0.2) is 113 Å². The van der Waals surface area contributed by atoms with Gasteiger partial charge in [0.15, 0.2) is 0 Å². The van der Waals surface area contributed by atoms with Crippen molar-refractivity contribution in [3.05, 3.63) is 135 Å². The minimum atomic E-state index is -4.14. The smallest absolute Gasteiger partial charge is 0.310 e. The molecule has 0 aliphatic heterocycles. The van der Waals surface area contributed by atoms with Gasteiger partial charge in [0.1, 0.15) is 28.6 Å². The Hall–Kier alpha value is -5.18. The van der Waals surface area contributed by atoms with Gasteiger partial charge in [0.05, 0.1) is 27.9 Å². The van der Waals surface area contributed by atoms with Gasteiger partial charge in [-0.15, -0.1) is 0 Å². The molecule has 0 bridgehead atoms. The normalized spacial score (nSPS) is 11.2. The molecule has 0 saturated heterocycles. The lowest BCUT2D eigenvalue weighted by atomic mass is 10.1. The van der Waals surface area contributed by atoms with Gasteiger partial charge in [-0.25, -0.2) is 17.1 Å². The SMILES string of the molecule is C[N+]#Cc1cccc(Oc2ccc(-n3ncc(C(=O)c4cc5c(Br)cccc5n4S(=O)(=O)c4ccccc4)c3N)c(C)c2)c1. The Labute approximate surface area is 262 Å². The van der Waals surface area contributed by atoms with Crippen molar-refractivity contribution >= 4 is 48.5 Å². The molecular weight excluding hydrogens is 642 g/mol. The number of halogens is 1. The lowest BCUT2D eigenvalue weighted by molar-refractivity contribution is 0.103. The molecule has 2 heterocycles. The van der Waals surface area contributed by atoms with E-state index in [0.29, 0.717) is 32.6 Å².